The van der Waals surface area contributed by atoms with Gasteiger partial charge in [0.15, 0.2) is 11.6 Å². The molecule has 2 aliphatic heterocycles. The zero-order valence-electron chi connectivity index (χ0n) is 19.2. The Hall–Kier alpha value is -3.20. The molecule has 2 saturated heterocycles. The van der Waals surface area contributed by atoms with Crippen LogP contribution in [0.15, 0.2) is 12.1 Å². The summed E-state index contributed by atoms with van der Waals surface area (Å²) in [7, 11) is 0. The number of hydroxylamine groups is 2. The first-order valence-electron chi connectivity index (χ1n) is 11.2. The first kappa shape index (κ1) is 27.4. The summed E-state index contributed by atoms with van der Waals surface area (Å²) < 4.78 is 71.7. The second-order valence-electron chi connectivity index (χ2n) is 7.96. The quantitative estimate of drug-likeness (QED) is 0.351. The number of alkyl halides is 3. The molecular formula is C21H26F5N5O5. The van der Waals surface area contributed by atoms with Gasteiger partial charge >= 0.3 is 12.5 Å². The summed E-state index contributed by atoms with van der Waals surface area (Å²) in [6.07, 6.45) is -4.90. The molecule has 1 aromatic rings. The van der Waals surface area contributed by atoms with E-state index in [0.29, 0.717) is 6.54 Å². The Kier molecular flexibility index (Phi) is 9.64. The van der Waals surface area contributed by atoms with Crippen molar-refractivity contribution in [2.45, 2.75) is 19.0 Å². The number of nitrogens with one attached hydrogen (secondary N) is 2. The first-order valence-corrected chi connectivity index (χ1v) is 11.2. The van der Waals surface area contributed by atoms with Crippen LogP contribution in [-0.4, -0.2) is 94.6 Å². The molecule has 0 radical (unpaired) electrons. The zero-order chi connectivity index (χ0) is 26.2. The number of halogens is 5. The number of carbonyl (C=O) groups is 3. The van der Waals surface area contributed by atoms with E-state index in [9.17, 15) is 36.3 Å². The highest BCUT2D eigenvalue weighted by Crippen LogP contribution is 2.31. The molecule has 0 aromatic heterocycles. The molecule has 2 N–H and O–H groups in total. The molecule has 1 atom stereocenters. The fourth-order valence-corrected chi connectivity index (χ4v) is 3.69. The van der Waals surface area contributed by atoms with Crippen LogP contribution >= 0.6 is 0 Å². The molecule has 0 saturated carbocycles. The number of rotatable bonds is 10. The molecule has 10 nitrogen and oxygen atoms in total. The predicted molar refractivity (Wildman–Crippen MR) is 116 cm³/mol. The van der Waals surface area contributed by atoms with Crippen molar-refractivity contribution in [2.75, 3.05) is 68.9 Å². The number of benzene rings is 1. The van der Waals surface area contributed by atoms with Crippen LogP contribution in [0.3, 0.4) is 0 Å². The van der Waals surface area contributed by atoms with Crippen molar-refractivity contribution < 1.29 is 45.9 Å². The second-order valence-corrected chi connectivity index (χ2v) is 7.96. The van der Waals surface area contributed by atoms with Crippen molar-refractivity contribution in [3.8, 4) is 0 Å². The van der Waals surface area contributed by atoms with Crippen molar-refractivity contribution in [1.82, 2.24) is 15.7 Å². The first-order chi connectivity index (χ1) is 17.2. The van der Waals surface area contributed by atoms with Crippen LogP contribution in [0.4, 0.5) is 38.1 Å². The molecule has 2 fully saturated rings. The zero-order valence-corrected chi connectivity index (χ0v) is 19.2. The molecule has 2 heterocycles. The van der Waals surface area contributed by atoms with Gasteiger partial charge in [-0.05, 0) is 13.0 Å². The smallest absolute Gasteiger partial charge is 0.414 e. The lowest BCUT2D eigenvalue weighted by atomic mass is 10.2. The van der Waals surface area contributed by atoms with Crippen molar-refractivity contribution in [3.05, 3.63) is 23.8 Å². The minimum Gasteiger partial charge on any atom is -0.442 e. The average Bonchev–Trinajstić information content (AvgIpc) is 3.04. The molecule has 36 heavy (non-hydrogen) atoms. The highest BCUT2D eigenvalue weighted by Gasteiger charge is 2.34. The number of amides is 3. The molecule has 0 spiro atoms. The summed E-state index contributed by atoms with van der Waals surface area (Å²) in [6, 6.07) is 1.87. The summed E-state index contributed by atoms with van der Waals surface area (Å²) in [4.78, 5) is 43.0. The van der Waals surface area contributed by atoms with E-state index in [0.717, 1.165) is 22.1 Å². The Labute approximate surface area is 203 Å². The Bertz CT molecular complexity index is 933. The average molecular weight is 523 g/mol. The Balaban J connectivity index is 1.61. The van der Waals surface area contributed by atoms with E-state index in [1.165, 1.54) is 4.90 Å². The number of hydrogen-bond acceptors (Lipinski definition) is 7. The minimum absolute atomic E-state index is 0.0225. The number of cyclic esters (lactones) is 1. The van der Waals surface area contributed by atoms with Crippen LogP contribution in [0.25, 0.3) is 0 Å². The Morgan fingerprint density at radius 3 is 2.53 bits per heavy atom. The van der Waals surface area contributed by atoms with Gasteiger partial charge in [-0.1, -0.05) is 0 Å². The number of anilines is 2. The lowest BCUT2D eigenvalue weighted by molar-refractivity contribution is -0.180. The molecular weight excluding hydrogens is 497 g/mol. The van der Waals surface area contributed by atoms with E-state index in [1.807, 2.05) is 5.32 Å². The summed E-state index contributed by atoms with van der Waals surface area (Å²) >= 11 is 0. The van der Waals surface area contributed by atoms with E-state index in [4.69, 9.17) is 9.57 Å². The van der Waals surface area contributed by atoms with Gasteiger partial charge in [0.25, 0.3) is 11.8 Å². The summed E-state index contributed by atoms with van der Waals surface area (Å²) in [5.41, 5.74) is -0.519. The maximum absolute atomic E-state index is 15.0. The van der Waals surface area contributed by atoms with Gasteiger partial charge in [0.2, 0.25) is 0 Å². The van der Waals surface area contributed by atoms with Crippen LogP contribution in [0, 0.1) is 11.6 Å². The fourth-order valence-electron chi connectivity index (χ4n) is 3.69. The molecule has 2 aliphatic rings. The van der Waals surface area contributed by atoms with E-state index in [1.54, 1.807) is 0 Å². The molecule has 15 heteroatoms. The van der Waals surface area contributed by atoms with Gasteiger partial charge in [-0.15, -0.1) is 0 Å². The number of carbonyl (C=O) groups excluding carboxylic acids is 3. The molecule has 200 valence electrons. The third kappa shape index (κ3) is 6.94. The molecule has 3 rings (SSSR count). The van der Waals surface area contributed by atoms with Gasteiger partial charge in [-0.3, -0.25) is 23.7 Å². The normalized spacial score (nSPS) is 18.4. The number of nitrogens with zero attached hydrogens (tertiary/aromatic N) is 3. The van der Waals surface area contributed by atoms with Gasteiger partial charge in [0.05, 0.1) is 45.1 Å². The van der Waals surface area contributed by atoms with Crippen molar-refractivity contribution in [1.29, 1.82) is 0 Å². The maximum Gasteiger partial charge on any atom is 0.414 e. The van der Waals surface area contributed by atoms with Gasteiger partial charge in [0.1, 0.15) is 11.8 Å². The van der Waals surface area contributed by atoms with Crippen molar-refractivity contribution in [2.24, 2.45) is 0 Å². The van der Waals surface area contributed by atoms with Crippen molar-refractivity contribution in [3.63, 3.8) is 0 Å². The van der Waals surface area contributed by atoms with Crippen molar-refractivity contribution >= 4 is 29.3 Å². The van der Waals surface area contributed by atoms with E-state index >= 15 is 0 Å². The van der Waals surface area contributed by atoms with E-state index in [2.05, 4.69) is 5.32 Å². The summed E-state index contributed by atoms with van der Waals surface area (Å²) in [5, 5.41) is 5.78. The van der Waals surface area contributed by atoms with E-state index < -0.39 is 48.7 Å². The summed E-state index contributed by atoms with van der Waals surface area (Å²) in [6.45, 7) is -0.736. The van der Waals surface area contributed by atoms with Crippen LogP contribution in [-0.2, 0) is 19.2 Å². The van der Waals surface area contributed by atoms with Gasteiger partial charge < -0.3 is 20.3 Å². The van der Waals surface area contributed by atoms with Gasteiger partial charge in [-0.2, -0.15) is 8.78 Å². The Morgan fingerprint density at radius 1 is 1.14 bits per heavy atom. The third-order valence-electron chi connectivity index (χ3n) is 5.43. The Morgan fingerprint density at radius 2 is 1.86 bits per heavy atom. The van der Waals surface area contributed by atoms with Crippen LogP contribution in [0.2, 0.25) is 0 Å². The lowest BCUT2D eigenvalue weighted by Crippen LogP contribution is -2.40. The maximum atomic E-state index is 15.0. The SMILES string of the molecule is O=C(NC[C@H]1CN(c2cc(F)c(N3CCON(C(=O)CNCCCF)CC3)c(F)c2)C(=O)O1)C(F)F. The van der Waals surface area contributed by atoms with Crippen LogP contribution < -0.4 is 20.4 Å². The minimum atomic E-state index is -3.23. The molecule has 3 amide bonds. The standard InChI is InChI=1S/C21H26F5N5O5/c22-2-1-3-27-11-17(32)31-5-4-29(6-7-35-31)18-15(23)8-13(9-16(18)24)30-12-14(36-21(30)34)10-28-20(33)19(25)26/h8-9,14,19,27H,1-7,10-12H2,(H,28,33)/t14-/m0/s1. The molecule has 0 aliphatic carbocycles. The topological polar surface area (TPSA) is 103 Å². The molecule has 0 unspecified atom stereocenters. The molecule has 1 aromatic carbocycles. The third-order valence-corrected chi connectivity index (χ3v) is 5.43. The lowest BCUT2D eigenvalue weighted by Gasteiger charge is -2.24. The van der Waals surface area contributed by atoms with Gasteiger partial charge in [0, 0.05) is 25.2 Å². The molecule has 0 bridgehead atoms. The van der Waals surface area contributed by atoms with Crippen LogP contribution in [0.5, 0.6) is 0 Å². The second kappa shape index (κ2) is 12.7. The van der Waals surface area contributed by atoms with E-state index in [-0.39, 0.29) is 63.7 Å². The fraction of sp³-hybridized carbons (Fsp3) is 0.571. The summed E-state index contributed by atoms with van der Waals surface area (Å²) in [5.74, 6) is -3.88. The number of hydrogen-bond donors (Lipinski definition) is 2. The van der Waals surface area contributed by atoms with Gasteiger partial charge in [-0.25, -0.2) is 18.6 Å². The highest BCUT2D eigenvalue weighted by molar-refractivity contribution is 5.90. The monoisotopic (exact) mass is 523 g/mol. The largest absolute Gasteiger partial charge is 0.442 e. The highest BCUT2D eigenvalue weighted by atomic mass is 19.3. The number of ether oxygens (including phenoxy) is 1. The predicted octanol–water partition coefficient (Wildman–Crippen LogP) is 1.20. The van der Waals surface area contributed by atoms with Crippen LogP contribution in [0.1, 0.15) is 6.42 Å².